The molecule has 0 saturated carbocycles. The number of fused-ring (bicyclic) bond motifs is 2. The first kappa shape index (κ1) is 16.5. The number of carbonyl (C=O) groups is 1. The van der Waals surface area contributed by atoms with Crippen molar-refractivity contribution in [2.24, 2.45) is 5.73 Å². The summed E-state index contributed by atoms with van der Waals surface area (Å²) in [5.41, 5.74) is 9.53. The van der Waals surface area contributed by atoms with Gasteiger partial charge in [0.15, 0.2) is 0 Å². The van der Waals surface area contributed by atoms with Gasteiger partial charge in [-0.3, -0.25) is 4.79 Å². The highest BCUT2D eigenvalue weighted by atomic mass is 32.2. The molecule has 2 aromatic carbocycles. The van der Waals surface area contributed by atoms with Gasteiger partial charge in [-0.2, -0.15) is 0 Å². The van der Waals surface area contributed by atoms with Gasteiger partial charge in [0.2, 0.25) is 5.91 Å². The van der Waals surface area contributed by atoms with Crippen molar-refractivity contribution in [3.8, 4) is 0 Å². The number of likely N-dealkylation sites (tertiary alicyclic amines) is 1. The SMILES string of the molecule is CC(CN1CCCC1)c1c(C(N)=O)ccc2c1Nc1ccccc1S2. The summed E-state index contributed by atoms with van der Waals surface area (Å²) in [5.74, 6) is -0.106. The van der Waals surface area contributed by atoms with E-state index in [2.05, 4.69) is 29.3 Å². The summed E-state index contributed by atoms with van der Waals surface area (Å²) in [5, 5.41) is 3.56. The smallest absolute Gasteiger partial charge is 0.249 e. The van der Waals surface area contributed by atoms with E-state index in [1.54, 1.807) is 11.8 Å². The van der Waals surface area contributed by atoms with Gasteiger partial charge >= 0.3 is 0 Å². The van der Waals surface area contributed by atoms with Crippen LogP contribution in [0.15, 0.2) is 46.2 Å². The van der Waals surface area contributed by atoms with Crippen molar-refractivity contribution in [3.05, 3.63) is 47.5 Å². The second kappa shape index (κ2) is 6.73. The maximum atomic E-state index is 12.1. The summed E-state index contributed by atoms with van der Waals surface area (Å²) < 4.78 is 0. The van der Waals surface area contributed by atoms with Crippen LogP contribution in [-0.4, -0.2) is 30.4 Å². The third-order valence-corrected chi connectivity index (χ3v) is 6.20. The Kier molecular flexibility index (Phi) is 4.44. The molecule has 130 valence electrons. The van der Waals surface area contributed by atoms with Crippen LogP contribution in [-0.2, 0) is 0 Å². The number of rotatable bonds is 4. The van der Waals surface area contributed by atoms with E-state index >= 15 is 0 Å². The van der Waals surface area contributed by atoms with Gasteiger partial charge in [-0.25, -0.2) is 0 Å². The van der Waals surface area contributed by atoms with E-state index in [9.17, 15) is 4.79 Å². The number of carbonyl (C=O) groups excluding carboxylic acids is 1. The summed E-state index contributed by atoms with van der Waals surface area (Å²) in [4.78, 5) is 16.9. The van der Waals surface area contributed by atoms with Crippen molar-refractivity contribution in [2.75, 3.05) is 25.0 Å². The van der Waals surface area contributed by atoms with Crippen LogP contribution < -0.4 is 11.1 Å². The van der Waals surface area contributed by atoms with E-state index in [1.807, 2.05) is 24.3 Å². The van der Waals surface area contributed by atoms with Crippen molar-refractivity contribution < 1.29 is 4.79 Å². The van der Waals surface area contributed by atoms with Gasteiger partial charge in [-0.15, -0.1) is 0 Å². The largest absolute Gasteiger partial charge is 0.366 e. The summed E-state index contributed by atoms with van der Waals surface area (Å²) in [6, 6.07) is 12.2. The molecule has 4 rings (SSSR count). The molecule has 25 heavy (non-hydrogen) atoms. The van der Waals surface area contributed by atoms with Crippen LogP contribution in [0.4, 0.5) is 11.4 Å². The molecule has 1 fully saturated rings. The summed E-state index contributed by atoms with van der Waals surface area (Å²) in [7, 11) is 0. The Morgan fingerprint density at radius 3 is 2.72 bits per heavy atom. The van der Waals surface area contributed by atoms with Gasteiger partial charge in [0.25, 0.3) is 0 Å². The molecule has 1 amide bonds. The lowest BCUT2D eigenvalue weighted by molar-refractivity contribution is 0.0998. The molecule has 0 radical (unpaired) electrons. The van der Waals surface area contributed by atoms with Gasteiger partial charge in [0.1, 0.15) is 0 Å². The molecule has 5 heteroatoms. The number of nitrogens with zero attached hydrogens (tertiary/aromatic N) is 1. The Morgan fingerprint density at radius 2 is 1.96 bits per heavy atom. The van der Waals surface area contributed by atoms with Crippen molar-refractivity contribution >= 4 is 29.0 Å². The van der Waals surface area contributed by atoms with E-state index in [1.165, 1.54) is 17.7 Å². The number of hydrogen-bond acceptors (Lipinski definition) is 4. The molecule has 0 aliphatic carbocycles. The molecule has 0 spiro atoms. The van der Waals surface area contributed by atoms with E-state index < -0.39 is 0 Å². The van der Waals surface area contributed by atoms with Crippen LogP contribution in [0, 0.1) is 0 Å². The first-order chi connectivity index (χ1) is 12.1. The molecule has 2 aromatic rings. The van der Waals surface area contributed by atoms with E-state index in [4.69, 9.17) is 5.73 Å². The number of benzene rings is 2. The molecular weight excluding hydrogens is 330 g/mol. The van der Waals surface area contributed by atoms with Gasteiger partial charge < -0.3 is 16.0 Å². The maximum Gasteiger partial charge on any atom is 0.249 e. The Balaban J connectivity index is 1.75. The number of hydrogen-bond donors (Lipinski definition) is 2. The van der Waals surface area contributed by atoms with E-state index in [0.717, 1.165) is 41.5 Å². The number of anilines is 2. The fourth-order valence-electron chi connectivity index (χ4n) is 3.90. The van der Waals surface area contributed by atoms with Crippen LogP contribution in [0.5, 0.6) is 0 Å². The zero-order chi connectivity index (χ0) is 17.4. The number of para-hydroxylation sites is 1. The van der Waals surface area contributed by atoms with Crippen LogP contribution in [0.2, 0.25) is 0 Å². The summed E-state index contributed by atoms with van der Waals surface area (Å²) >= 11 is 1.75. The van der Waals surface area contributed by atoms with E-state index in [0.29, 0.717) is 5.56 Å². The van der Waals surface area contributed by atoms with Crippen molar-refractivity contribution in [3.63, 3.8) is 0 Å². The topological polar surface area (TPSA) is 58.4 Å². The lowest BCUT2D eigenvalue weighted by atomic mass is 9.92. The van der Waals surface area contributed by atoms with Gasteiger partial charge in [0.05, 0.1) is 11.4 Å². The van der Waals surface area contributed by atoms with Gasteiger partial charge in [-0.05, 0) is 61.7 Å². The Morgan fingerprint density at radius 1 is 1.20 bits per heavy atom. The Labute approximate surface area is 152 Å². The third kappa shape index (κ3) is 3.14. The second-order valence-corrected chi connectivity index (χ2v) is 7.98. The standard InChI is InChI=1S/C20H23N3OS/c1-13(12-23-10-4-5-11-23)18-14(20(21)24)8-9-17-19(18)22-15-6-2-3-7-16(15)25-17/h2-3,6-9,13,22H,4-5,10-12H2,1H3,(H2,21,24). The molecule has 2 aliphatic heterocycles. The second-order valence-electron chi connectivity index (χ2n) is 6.90. The molecule has 0 bridgehead atoms. The maximum absolute atomic E-state index is 12.1. The normalized spacial score (nSPS) is 17.5. The average molecular weight is 353 g/mol. The summed E-state index contributed by atoms with van der Waals surface area (Å²) in [6.45, 7) is 5.46. The molecule has 2 aliphatic rings. The summed E-state index contributed by atoms with van der Waals surface area (Å²) in [6.07, 6.45) is 2.54. The molecule has 1 saturated heterocycles. The van der Waals surface area contributed by atoms with Crippen LogP contribution in [0.3, 0.4) is 0 Å². The number of primary amides is 1. The molecule has 2 heterocycles. The minimum absolute atomic E-state index is 0.244. The van der Waals surface area contributed by atoms with Crippen LogP contribution in [0.1, 0.15) is 41.6 Å². The quantitative estimate of drug-likeness (QED) is 0.738. The highest BCUT2D eigenvalue weighted by Crippen LogP contribution is 2.47. The average Bonchev–Trinajstić information content (AvgIpc) is 3.11. The molecule has 0 aromatic heterocycles. The predicted molar refractivity (Wildman–Crippen MR) is 103 cm³/mol. The fourth-order valence-corrected chi connectivity index (χ4v) is 4.91. The molecule has 1 unspecified atom stereocenters. The minimum atomic E-state index is -0.350. The van der Waals surface area contributed by atoms with Gasteiger partial charge in [0, 0.05) is 21.9 Å². The fraction of sp³-hybridized carbons (Fsp3) is 0.350. The first-order valence-electron chi connectivity index (χ1n) is 8.86. The van der Waals surface area contributed by atoms with Crippen molar-refractivity contribution in [1.82, 2.24) is 4.90 Å². The molecule has 1 atom stereocenters. The van der Waals surface area contributed by atoms with Crippen LogP contribution >= 0.6 is 11.8 Å². The van der Waals surface area contributed by atoms with Crippen molar-refractivity contribution in [1.29, 1.82) is 0 Å². The zero-order valence-corrected chi connectivity index (χ0v) is 15.2. The molecule has 4 nitrogen and oxygen atoms in total. The lowest BCUT2D eigenvalue weighted by Crippen LogP contribution is -2.27. The highest BCUT2D eigenvalue weighted by molar-refractivity contribution is 7.99. The minimum Gasteiger partial charge on any atom is -0.366 e. The molecule has 3 N–H and O–H groups in total. The monoisotopic (exact) mass is 353 g/mol. The first-order valence-corrected chi connectivity index (χ1v) is 9.68. The predicted octanol–water partition coefficient (Wildman–Crippen LogP) is 4.19. The zero-order valence-electron chi connectivity index (χ0n) is 14.4. The Bertz CT molecular complexity index is 815. The third-order valence-electron chi connectivity index (χ3n) is 5.06. The number of nitrogens with two attached hydrogens (primary N) is 1. The molecular formula is C20H23N3OS. The number of nitrogens with one attached hydrogen (secondary N) is 1. The number of amides is 1. The van der Waals surface area contributed by atoms with Gasteiger partial charge in [-0.1, -0.05) is 30.8 Å². The van der Waals surface area contributed by atoms with Crippen molar-refractivity contribution in [2.45, 2.75) is 35.5 Å². The Hall–Kier alpha value is -1.98. The van der Waals surface area contributed by atoms with Crippen LogP contribution in [0.25, 0.3) is 0 Å². The lowest BCUT2D eigenvalue weighted by Gasteiger charge is -2.29. The highest BCUT2D eigenvalue weighted by Gasteiger charge is 2.27. The van der Waals surface area contributed by atoms with E-state index in [-0.39, 0.29) is 11.8 Å².